The van der Waals surface area contributed by atoms with Crippen LogP contribution in [0, 0.1) is 5.82 Å². The van der Waals surface area contributed by atoms with E-state index < -0.39 is 0 Å². The van der Waals surface area contributed by atoms with Crippen molar-refractivity contribution in [2.45, 2.75) is 6.54 Å². The third kappa shape index (κ3) is 4.58. The number of nitrogens with zero attached hydrogens (tertiary/aromatic N) is 2. The van der Waals surface area contributed by atoms with E-state index >= 15 is 0 Å². The topological polar surface area (TPSA) is 39.1 Å². The zero-order chi connectivity index (χ0) is 18.2. The second-order valence-corrected chi connectivity index (χ2v) is 5.81. The fourth-order valence-electron chi connectivity index (χ4n) is 2.69. The lowest BCUT2D eigenvalue weighted by Gasteiger charge is -2.12. The van der Waals surface area contributed by atoms with Crippen LogP contribution in [-0.4, -0.2) is 29.8 Å². The van der Waals surface area contributed by atoms with Crippen LogP contribution in [-0.2, 0) is 11.3 Å². The molecule has 3 aromatic rings. The van der Waals surface area contributed by atoms with Crippen molar-refractivity contribution >= 4 is 12.0 Å². The molecule has 0 fully saturated rings. The third-order valence-electron chi connectivity index (χ3n) is 4.00. The maximum atomic E-state index is 13.2. The molecule has 0 aliphatic carbocycles. The summed E-state index contributed by atoms with van der Waals surface area (Å²) in [7, 11) is 1.67. The van der Waals surface area contributed by atoms with E-state index in [1.807, 2.05) is 22.8 Å². The molecule has 0 aliphatic heterocycles. The number of nitrogens with one attached hydrogen (secondary N) is 1. The van der Waals surface area contributed by atoms with Crippen molar-refractivity contribution in [1.29, 1.82) is 0 Å². The summed E-state index contributed by atoms with van der Waals surface area (Å²) in [6.45, 7) is 1.88. The minimum absolute atomic E-state index is 0.249. The minimum Gasteiger partial charge on any atom is -0.383 e. The van der Waals surface area contributed by atoms with Crippen molar-refractivity contribution in [3.8, 4) is 11.3 Å². The third-order valence-corrected chi connectivity index (χ3v) is 4.00. The van der Waals surface area contributed by atoms with Crippen LogP contribution in [0.4, 0.5) is 10.3 Å². The number of anilines is 1. The lowest BCUT2D eigenvalue weighted by molar-refractivity contribution is 0.188. The zero-order valence-electron chi connectivity index (χ0n) is 14.7. The van der Waals surface area contributed by atoms with Gasteiger partial charge in [0.25, 0.3) is 0 Å². The smallest absolute Gasteiger partial charge is 0.203 e. The summed E-state index contributed by atoms with van der Waals surface area (Å²) in [6, 6.07) is 16.6. The quantitative estimate of drug-likeness (QED) is 0.651. The number of benzene rings is 2. The summed E-state index contributed by atoms with van der Waals surface area (Å²) in [5.41, 5.74) is 3.00. The van der Waals surface area contributed by atoms with Crippen LogP contribution >= 0.6 is 0 Å². The molecule has 0 spiro atoms. The Morgan fingerprint density at radius 3 is 2.62 bits per heavy atom. The normalized spacial score (nSPS) is 11.2. The molecule has 0 aliphatic rings. The Balaban J connectivity index is 1.74. The number of aromatic nitrogens is 2. The summed E-state index contributed by atoms with van der Waals surface area (Å²) in [5, 5.41) is 3.33. The molecule has 3 rings (SSSR count). The summed E-state index contributed by atoms with van der Waals surface area (Å²) >= 11 is 0. The number of imidazole rings is 1. The fourth-order valence-corrected chi connectivity index (χ4v) is 2.69. The van der Waals surface area contributed by atoms with Crippen LogP contribution in [0.15, 0.2) is 66.9 Å². The number of halogens is 1. The number of methoxy groups -OCH3 is 1. The van der Waals surface area contributed by atoms with Crippen molar-refractivity contribution in [1.82, 2.24) is 9.55 Å². The highest BCUT2D eigenvalue weighted by molar-refractivity contribution is 5.61. The number of rotatable bonds is 8. The Morgan fingerprint density at radius 2 is 1.88 bits per heavy atom. The summed E-state index contributed by atoms with van der Waals surface area (Å²) in [6.07, 6.45) is 5.92. The van der Waals surface area contributed by atoms with Gasteiger partial charge in [-0.25, -0.2) is 9.37 Å². The molecule has 0 bridgehead atoms. The molecule has 1 N–H and O–H groups in total. The highest BCUT2D eigenvalue weighted by Gasteiger charge is 2.11. The number of hydrogen-bond donors (Lipinski definition) is 1. The molecule has 0 amide bonds. The van der Waals surface area contributed by atoms with E-state index in [9.17, 15) is 4.39 Å². The van der Waals surface area contributed by atoms with Crippen LogP contribution in [0.3, 0.4) is 0 Å². The first-order valence-corrected chi connectivity index (χ1v) is 8.54. The van der Waals surface area contributed by atoms with Gasteiger partial charge in [0.2, 0.25) is 5.95 Å². The lowest BCUT2D eigenvalue weighted by atomic mass is 10.1. The minimum atomic E-state index is -0.249. The van der Waals surface area contributed by atoms with Gasteiger partial charge in [0.1, 0.15) is 5.82 Å². The van der Waals surface area contributed by atoms with Gasteiger partial charge in [0.15, 0.2) is 0 Å². The van der Waals surface area contributed by atoms with E-state index in [0.29, 0.717) is 19.7 Å². The summed E-state index contributed by atoms with van der Waals surface area (Å²) < 4.78 is 20.5. The van der Waals surface area contributed by atoms with Gasteiger partial charge >= 0.3 is 0 Å². The van der Waals surface area contributed by atoms with E-state index in [-0.39, 0.29) is 5.82 Å². The molecule has 0 saturated carbocycles. The Bertz CT molecular complexity index is 841. The average Bonchev–Trinajstić information content (AvgIpc) is 3.07. The second-order valence-electron chi connectivity index (χ2n) is 5.81. The van der Waals surface area contributed by atoms with Crippen LogP contribution < -0.4 is 5.32 Å². The van der Waals surface area contributed by atoms with Gasteiger partial charge < -0.3 is 14.6 Å². The molecular formula is C21H22FN3O. The molecule has 0 radical (unpaired) electrons. The molecule has 1 heterocycles. The molecule has 1 aromatic heterocycles. The summed E-state index contributed by atoms with van der Waals surface area (Å²) in [5.74, 6) is 0.514. The van der Waals surface area contributed by atoms with Crippen molar-refractivity contribution < 1.29 is 9.13 Å². The first-order valence-electron chi connectivity index (χ1n) is 8.54. The zero-order valence-corrected chi connectivity index (χ0v) is 14.7. The maximum absolute atomic E-state index is 13.2. The van der Waals surface area contributed by atoms with Crippen LogP contribution in [0.25, 0.3) is 17.3 Å². The molecule has 0 unspecified atom stereocenters. The van der Waals surface area contributed by atoms with Crippen LogP contribution in [0.5, 0.6) is 0 Å². The van der Waals surface area contributed by atoms with E-state index in [1.165, 1.54) is 12.1 Å². The van der Waals surface area contributed by atoms with E-state index in [4.69, 9.17) is 4.74 Å². The highest BCUT2D eigenvalue weighted by atomic mass is 19.1. The standard InChI is InChI=1S/C21H22FN3O/c1-26-15-14-25-20(18-9-11-19(22)12-10-18)16-24-21(25)23-13-5-8-17-6-3-2-4-7-17/h2-12,16H,13-15H2,1H3,(H,23,24)/b8-5+. The first-order chi connectivity index (χ1) is 12.8. The second kappa shape index (κ2) is 8.97. The molecule has 134 valence electrons. The number of ether oxygens (including phenoxy) is 1. The van der Waals surface area contributed by atoms with Gasteiger partial charge in [0.05, 0.1) is 18.5 Å². The van der Waals surface area contributed by atoms with Crippen molar-refractivity contribution in [2.24, 2.45) is 0 Å². The van der Waals surface area contributed by atoms with E-state index in [1.54, 1.807) is 25.4 Å². The van der Waals surface area contributed by atoms with Gasteiger partial charge in [-0.3, -0.25) is 0 Å². The summed E-state index contributed by atoms with van der Waals surface area (Å²) in [4.78, 5) is 4.48. The van der Waals surface area contributed by atoms with Gasteiger partial charge in [-0.15, -0.1) is 0 Å². The van der Waals surface area contributed by atoms with Crippen molar-refractivity contribution in [3.05, 3.63) is 78.3 Å². The first kappa shape index (κ1) is 17.9. The average molecular weight is 351 g/mol. The maximum Gasteiger partial charge on any atom is 0.203 e. The predicted molar refractivity (Wildman–Crippen MR) is 103 cm³/mol. The Labute approximate surface area is 153 Å². The van der Waals surface area contributed by atoms with Gasteiger partial charge in [0, 0.05) is 25.8 Å². The van der Waals surface area contributed by atoms with E-state index in [2.05, 4.69) is 34.6 Å². The Kier molecular flexibility index (Phi) is 6.17. The van der Waals surface area contributed by atoms with Gasteiger partial charge in [-0.1, -0.05) is 42.5 Å². The molecule has 4 nitrogen and oxygen atoms in total. The molecule has 2 aromatic carbocycles. The van der Waals surface area contributed by atoms with Crippen LogP contribution in [0.2, 0.25) is 0 Å². The Morgan fingerprint density at radius 1 is 1.12 bits per heavy atom. The monoisotopic (exact) mass is 351 g/mol. The Hall–Kier alpha value is -2.92. The highest BCUT2D eigenvalue weighted by Crippen LogP contribution is 2.23. The van der Waals surface area contributed by atoms with Crippen molar-refractivity contribution in [3.63, 3.8) is 0 Å². The predicted octanol–water partition coefficient (Wildman–Crippen LogP) is 4.46. The van der Waals surface area contributed by atoms with E-state index in [0.717, 1.165) is 22.8 Å². The molecular weight excluding hydrogens is 329 g/mol. The molecule has 0 atom stereocenters. The number of hydrogen-bond acceptors (Lipinski definition) is 3. The molecule has 5 heteroatoms. The van der Waals surface area contributed by atoms with Crippen molar-refractivity contribution in [2.75, 3.05) is 25.6 Å². The molecule has 0 saturated heterocycles. The van der Waals surface area contributed by atoms with Gasteiger partial charge in [-0.2, -0.15) is 0 Å². The lowest BCUT2D eigenvalue weighted by Crippen LogP contribution is -2.11. The SMILES string of the molecule is COCCn1c(-c2ccc(F)cc2)cnc1NC/C=C/c1ccccc1. The largest absolute Gasteiger partial charge is 0.383 e. The van der Waals surface area contributed by atoms with Gasteiger partial charge in [-0.05, 0) is 29.8 Å². The molecule has 26 heavy (non-hydrogen) atoms. The van der Waals surface area contributed by atoms with Crippen LogP contribution in [0.1, 0.15) is 5.56 Å². The fraction of sp³-hybridized carbons (Fsp3) is 0.190.